The van der Waals surface area contributed by atoms with E-state index in [-0.39, 0.29) is 30.3 Å². The standard InChI is InChI=1S/C23H24ClF3N4O2/c1-14(2)20(13-32)30-22-29-19(16-6-4-8-18(10-16)33-23(25,26)27)11-21(31-22)28-12-15-5-3-7-17(24)9-15/h3-11,14,20,32H,12-13H2,1-2H3,(H2,28,29,30,31)/t20-/m1/s1. The zero-order chi connectivity index (χ0) is 24.0. The summed E-state index contributed by atoms with van der Waals surface area (Å²) >= 11 is 6.04. The molecule has 2 aromatic carbocycles. The summed E-state index contributed by atoms with van der Waals surface area (Å²) in [6.45, 7) is 4.16. The summed E-state index contributed by atoms with van der Waals surface area (Å²) in [6, 6.07) is 14.2. The first-order valence-electron chi connectivity index (χ1n) is 10.2. The summed E-state index contributed by atoms with van der Waals surface area (Å²) in [6.07, 6.45) is -4.80. The number of aliphatic hydroxyl groups excluding tert-OH is 1. The number of halogens is 4. The van der Waals surface area contributed by atoms with E-state index in [1.54, 1.807) is 18.2 Å². The average molecular weight is 481 g/mol. The van der Waals surface area contributed by atoms with Crippen molar-refractivity contribution in [3.63, 3.8) is 0 Å². The van der Waals surface area contributed by atoms with Crippen molar-refractivity contribution in [3.8, 4) is 17.0 Å². The average Bonchev–Trinajstić information content (AvgIpc) is 2.75. The number of benzene rings is 2. The van der Waals surface area contributed by atoms with Gasteiger partial charge >= 0.3 is 6.36 Å². The van der Waals surface area contributed by atoms with E-state index in [4.69, 9.17) is 11.6 Å². The Morgan fingerprint density at radius 1 is 1.06 bits per heavy atom. The molecule has 3 aromatic rings. The fourth-order valence-electron chi connectivity index (χ4n) is 3.03. The number of rotatable bonds is 9. The number of hydrogen-bond donors (Lipinski definition) is 3. The Hall–Kier alpha value is -3.04. The minimum atomic E-state index is -4.80. The van der Waals surface area contributed by atoms with Gasteiger partial charge in [0.05, 0.1) is 18.3 Å². The van der Waals surface area contributed by atoms with Crippen molar-refractivity contribution in [1.82, 2.24) is 9.97 Å². The van der Waals surface area contributed by atoms with Crippen LogP contribution in [0.1, 0.15) is 19.4 Å². The summed E-state index contributed by atoms with van der Waals surface area (Å²) < 4.78 is 42.0. The second kappa shape index (κ2) is 10.7. The van der Waals surface area contributed by atoms with Crippen LogP contribution >= 0.6 is 11.6 Å². The molecule has 0 aliphatic heterocycles. The van der Waals surface area contributed by atoms with Crippen LogP contribution in [-0.2, 0) is 6.54 Å². The maximum Gasteiger partial charge on any atom is 0.573 e. The number of hydrogen-bond acceptors (Lipinski definition) is 6. The van der Waals surface area contributed by atoms with E-state index in [9.17, 15) is 18.3 Å². The van der Waals surface area contributed by atoms with Crippen molar-refractivity contribution in [2.45, 2.75) is 32.8 Å². The first kappa shape index (κ1) is 24.6. The maximum absolute atomic E-state index is 12.7. The molecule has 0 aliphatic rings. The van der Waals surface area contributed by atoms with Gasteiger partial charge in [-0.2, -0.15) is 4.98 Å². The smallest absolute Gasteiger partial charge is 0.406 e. The molecule has 176 valence electrons. The van der Waals surface area contributed by atoms with Crippen molar-refractivity contribution in [3.05, 3.63) is 65.2 Å². The number of aliphatic hydroxyl groups is 1. The second-order valence-corrected chi connectivity index (χ2v) is 8.13. The minimum Gasteiger partial charge on any atom is -0.406 e. The van der Waals surface area contributed by atoms with Gasteiger partial charge in [0.2, 0.25) is 5.95 Å². The van der Waals surface area contributed by atoms with Crippen LogP contribution in [0.5, 0.6) is 5.75 Å². The van der Waals surface area contributed by atoms with E-state index >= 15 is 0 Å². The molecular formula is C23H24ClF3N4O2. The first-order chi connectivity index (χ1) is 15.6. The molecule has 0 aliphatic carbocycles. The third-order valence-electron chi connectivity index (χ3n) is 4.77. The highest BCUT2D eigenvalue weighted by molar-refractivity contribution is 6.30. The molecule has 0 bridgehead atoms. The van der Waals surface area contributed by atoms with Gasteiger partial charge in [0.25, 0.3) is 0 Å². The van der Waals surface area contributed by atoms with Crippen LogP contribution in [0.15, 0.2) is 54.6 Å². The van der Waals surface area contributed by atoms with Gasteiger partial charge in [-0.15, -0.1) is 13.2 Å². The molecule has 33 heavy (non-hydrogen) atoms. The van der Waals surface area contributed by atoms with E-state index in [2.05, 4.69) is 25.3 Å². The summed E-state index contributed by atoms with van der Waals surface area (Å²) in [5.41, 5.74) is 1.72. The van der Waals surface area contributed by atoms with Gasteiger partial charge in [0.15, 0.2) is 0 Å². The fraction of sp³-hybridized carbons (Fsp3) is 0.304. The SMILES string of the molecule is CC(C)[C@@H](CO)Nc1nc(NCc2cccc(Cl)c2)cc(-c2cccc(OC(F)(F)F)c2)n1. The third-order valence-corrected chi connectivity index (χ3v) is 5.00. The fourth-order valence-corrected chi connectivity index (χ4v) is 3.24. The van der Waals surface area contributed by atoms with Gasteiger partial charge in [0.1, 0.15) is 11.6 Å². The van der Waals surface area contributed by atoms with Crippen LogP contribution in [0.25, 0.3) is 11.3 Å². The van der Waals surface area contributed by atoms with Gasteiger partial charge in [-0.05, 0) is 35.7 Å². The van der Waals surface area contributed by atoms with Crippen molar-refractivity contribution in [2.24, 2.45) is 5.92 Å². The highest BCUT2D eigenvalue weighted by Crippen LogP contribution is 2.29. The van der Waals surface area contributed by atoms with E-state index in [0.717, 1.165) is 5.56 Å². The quantitative estimate of drug-likeness (QED) is 0.362. The molecule has 0 spiro atoms. The van der Waals surface area contributed by atoms with E-state index < -0.39 is 6.36 Å². The van der Waals surface area contributed by atoms with Gasteiger partial charge in [-0.25, -0.2) is 4.98 Å². The Bertz CT molecular complexity index is 1080. The van der Waals surface area contributed by atoms with Crippen LogP contribution in [0.2, 0.25) is 5.02 Å². The third kappa shape index (κ3) is 7.50. The molecule has 0 saturated heterocycles. The summed E-state index contributed by atoms with van der Waals surface area (Å²) in [5, 5.41) is 16.6. The number of alkyl halides is 3. The molecule has 3 rings (SSSR count). The predicted molar refractivity (Wildman–Crippen MR) is 122 cm³/mol. The Morgan fingerprint density at radius 3 is 2.48 bits per heavy atom. The zero-order valence-electron chi connectivity index (χ0n) is 18.0. The summed E-state index contributed by atoms with van der Waals surface area (Å²) in [5.74, 6) is 0.423. The molecule has 1 atom stereocenters. The van der Waals surface area contributed by atoms with Crippen LogP contribution in [0.4, 0.5) is 24.9 Å². The molecule has 0 saturated carbocycles. The van der Waals surface area contributed by atoms with Crippen molar-refractivity contribution in [2.75, 3.05) is 17.2 Å². The molecule has 6 nitrogen and oxygen atoms in total. The van der Waals surface area contributed by atoms with Crippen molar-refractivity contribution in [1.29, 1.82) is 0 Å². The highest BCUT2D eigenvalue weighted by Gasteiger charge is 2.31. The Morgan fingerprint density at radius 2 is 1.82 bits per heavy atom. The molecular weight excluding hydrogens is 457 g/mol. The van der Waals surface area contributed by atoms with Gasteiger partial charge in [-0.1, -0.05) is 49.7 Å². The minimum absolute atomic E-state index is 0.0913. The number of nitrogens with zero attached hydrogens (tertiary/aromatic N) is 2. The lowest BCUT2D eigenvalue weighted by molar-refractivity contribution is -0.274. The lowest BCUT2D eigenvalue weighted by Crippen LogP contribution is -2.30. The Balaban J connectivity index is 1.93. The van der Waals surface area contributed by atoms with E-state index in [1.807, 2.05) is 32.0 Å². The number of aromatic nitrogens is 2. The summed E-state index contributed by atoms with van der Waals surface area (Å²) in [7, 11) is 0. The second-order valence-electron chi connectivity index (χ2n) is 7.70. The topological polar surface area (TPSA) is 79.3 Å². The molecule has 0 radical (unpaired) electrons. The van der Waals surface area contributed by atoms with E-state index in [1.165, 1.54) is 18.2 Å². The normalized spacial score (nSPS) is 12.5. The van der Waals surface area contributed by atoms with Crippen molar-refractivity contribution >= 4 is 23.4 Å². The molecule has 0 amide bonds. The van der Waals surface area contributed by atoms with Crippen LogP contribution in [0.3, 0.4) is 0 Å². The van der Waals surface area contributed by atoms with Gasteiger partial charge in [0, 0.05) is 23.2 Å². The Kier molecular flexibility index (Phi) is 7.99. The zero-order valence-corrected chi connectivity index (χ0v) is 18.8. The van der Waals surface area contributed by atoms with Gasteiger partial charge in [-0.3, -0.25) is 0 Å². The molecule has 0 fully saturated rings. The molecule has 10 heteroatoms. The molecule has 0 unspecified atom stereocenters. The first-order valence-corrected chi connectivity index (χ1v) is 10.6. The lowest BCUT2D eigenvalue weighted by Gasteiger charge is -2.21. The van der Waals surface area contributed by atoms with Gasteiger partial charge < -0.3 is 20.5 Å². The van der Waals surface area contributed by atoms with E-state index in [0.29, 0.717) is 28.6 Å². The molecule has 1 heterocycles. The number of anilines is 2. The Labute approximate surface area is 194 Å². The molecule has 1 aromatic heterocycles. The largest absolute Gasteiger partial charge is 0.573 e. The number of ether oxygens (including phenoxy) is 1. The van der Waals surface area contributed by atoms with Crippen molar-refractivity contribution < 1.29 is 23.0 Å². The van der Waals surface area contributed by atoms with Crippen LogP contribution in [-0.4, -0.2) is 34.1 Å². The lowest BCUT2D eigenvalue weighted by atomic mass is 10.1. The highest BCUT2D eigenvalue weighted by atomic mass is 35.5. The van der Waals surface area contributed by atoms with Crippen LogP contribution in [0, 0.1) is 5.92 Å². The molecule has 3 N–H and O–H groups in total. The maximum atomic E-state index is 12.7. The monoisotopic (exact) mass is 480 g/mol. The summed E-state index contributed by atoms with van der Waals surface area (Å²) in [4.78, 5) is 8.91. The number of nitrogens with one attached hydrogen (secondary N) is 2. The predicted octanol–water partition coefficient (Wildman–Crippen LogP) is 5.74. The van der Waals surface area contributed by atoms with Crippen LogP contribution < -0.4 is 15.4 Å².